The van der Waals surface area contributed by atoms with Crippen LogP contribution < -0.4 is 5.32 Å². The Morgan fingerprint density at radius 2 is 2.05 bits per heavy atom. The van der Waals surface area contributed by atoms with Crippen molar-refractivity contribution in [2.45, 2.75) is 25.2 Å². The van der Waals surface area contributed by atoms with Crippen LogP contribution in [0, 0.1) is 0 Å². The largest absolute Gasteiger partial charge is 0.427 e. The van der Waals surface area contributed by atoms with Crippen molar-refractivity contribution in [3.63, 3.8) is 0 Å². The van der Waals surface area contributed by atoms with Gasteiger partial charge in [0.1, 0.15) is 9.88 Å². The molecule has 0 bridgehead atoms. The first-order valence-corrected chi connectivity index (χ1v) is 8.03. The fraction of sp³-hybridized carbons (Fsp3) is 0.769. The minimum atomic E-state index is -4.27. The SMILES string of the molecule is FC(F)(F)c1cnc(CN2CCC(N3CCNCC3)C2)s1. The first-order chi connectivity index (χ1) is 10.0. The molecule has 0 spiro atoms. The van der Waals surface area contributed by atoms with Crippen LogP contribution in [0.25, 0.3) is 0 Å². The van der Waals surface area contributed by atoms with E-state index >= 15 is 0 Å². The zero-order chi connectivity index (χ0) is 14.9. The lowest BCUT2D eigenvalue weighted by molar-refractivity contribution is -0.134. The summed E-state index contributed by atoms with van der Waals surface area (Å²) in [4.78, 5) is 8.01. The molecule has 0 saturated carbocycles. The monoisotopic (exact) mass is 320 g/mol. The Kier molecular flexibility index (Phi) is 4.49. The van der Waals surface area contributed by atoms with E-state index in [4.69, 9.17) is 0 Å². The standard InChI is InChI=1S/C13H19F3N4S/c14-13(15,16)11-7-18-12(21-11)9-19-4-1-10(8-19)20-5-2-17-3-6-20/h7,10,17H,1-6,8-9H2. The molecule has 0 aliphatic carbocycles. The van der Waals surface area contributed by atoms with Gasteiger partial charge in [0, 0.05) is 45.3 Å². The number of rotatable bonds is 3. The fourth-order valence-electron chi connectivity index (χ4n) is 3.01. The van der Waals surface area contributed by atoms with Gasteiger partial charge in [0.25, 0.3) is 0 Å². The molecule has 0 amide bonds. The van der Waals surface area contributed by atoms with Crippen LogP contribution in [0.3, 0.4) is 0 Å². The molecule has 3 rings (SSSR count). The van der Waals surface area contributed by atoms with Crippen molar-refractivity contribution in [2.24, 2.45) is 0 Å². The van der Waals surface area contributed by atoms with Crippen LogP contribution >= 0.6 is 11.3 Å². The molecule has 1 N–H and O–H groups in total. The Morgan fingerprint density at radius 3 is 2.71 bits per heavy atom. The predicted octanol–water partition coefficient (Wildman–Crippen LogP) is 1.64. The maximum absolute atomic E-state index is 12.6. The highest BCUT2D eigenvalue weighted by Crippen LogP contribution is 2.34. The summed E-state index contributed by atoms with van der Waals surface area (Å²) in [6.45, 7) is 6.58. The molecule has 1 unspecified atom stereocenters. The van der Waals surface area contributed by atoms with Crippen molar-refractivity contribution in [1.29, 1.82) is 0 Å². The second-order valence-electron chi connectivity index (χ2n) is 5.58. The van der Waals surface area contributed by atoms with Gasteiger partial charge >= 0.3 is 6.18 Å². The summed E-state index contributed by atoms with van der Waals surface area (Å²) < 4.78 is 37.7. The Morgan fingerprint density at radius 1 is 1.29 bits per heavy atom. The Labute approximate surface area is 125 Å². The number of hydrogen-bond acceptors (Lipinski definition) is 5. The van der Waals surface area contributed by atoms with E-state index in [0.29, 0.717) is 17.6 Å². The van der Waals surface area contributed by atoms with Gasteiger partial charge in [-0.2, -0.15) is 13.2 Å². The molecule has 2 aliphatic heterocycles. The summed E-state index contributed by atoms with van der Waals surface area (Å²) >= 11 is 0.762. The van der Waals surface area contributed by atoms with Gasteiger partial charge < -0.3 is 5.32 Å². The first-order valence-electron chi connectivity index (χ1n) is 7.21. The van der Waals surface area contributed by atoms with Crippen LogP contribution in [0.1, 0.15) is 16.3 Å². The van der Waals surface area contributed by atoms with E-state index in [1.54, 1.807) is 0 Å². The molecule has 0 radical (unpaired) electrons. The van der Waals surface area contributed by atoms with Crippen LogP contribution in [-0.2, 0) is 12.7 Å². The summed E-state index contributed by atoms with van der Waals surface area (Å²) in [6, 6.07) is 0.536. The van der Waals surface area contributed by atoms with Crippen LogP contribution in [0.5, 0.6) is 0 Å². The summed E-state index contributed by atoms with van der Waals surface area (Å²) in [5.41, 5.74) is 0. The van der Waals surface area contributed by atoms with E-state index in [1.165, 1.54) is 0 Å². The molecule has 2 fully saturated rings. The van der Waals surface area contributed by atoms with Crippen molar-refractivity contribution in [2.75, 3.05) is 39.3 Å². The number of halogens is 3. The van der Waals surface area contributed by atoms with E-state index in [1.807, 2.05) is 0 Å². The second-order valence-corrected chi connectivity index (χ2v) is 6.69. The summed E-state index contributed by atoms with van der Waals surface area (Å²) in [5.74, 6) is 0. The molecular formula is C13H19F3N4S. The van der Waals surface area contributed by atoms with E-state index in [2.05, 4.69) is 20.1 Å². The van der Waals surface area contributed by atoms with Crippen LogP contribution in [-0.4, -0.2) is 60.1 Å². The van der Waals surface area contributed by atoms with Crippen molar-refractivity contribution in [1.82, 2.24) is 20.1 Å². The van der Waals surface area contributed by atoms with Gasteiger partial charge in [-0.25, -0.2) is 4.98 Å². The molecule has 118 valence electrons. The molecule has 4 nitrogen and oxygen atoms in total. The van der Waals surface area contributed by atoms with Gasteiger partial charge in [0.2, 0.25) is 0 Å². The normalized spacial score (nSPS) is 25.6. The molecule has 0 aromatic carbocycles. The molecule has 1 aromatic rings. The van der Waals surface area contributed by atoms with Gasteiger partial charge in [-0.1, -0.05) is 0 Å². The van der Waals surface area contributed by atoms with Gasteiger partial charge in [-0.3, -0.25) is 9.80 Å². The molecule has 2 saturated heterocycles. The van der Waals surface area contributed by atoms with Gasteiger partial charge in [-0.05, 0) is 6.42 Å². The van der Waals surface area contributed by atoms with Gasteiger partial charge in [-0.15, -0.1) is 11.3 Å². The highest BCUT2D eigenvalue weighted by molar-refractivity contribution is 7.11. The van der Waals surface area contributed by atoms with Crippen molar-refractivity contribution >= 4 is 11.3 Å². The number of aromatic nitrogens is 1. The maximum Gasteiger partial charge on any atom is 0.427 e. The second kappa shape index (κ2) is 6.20. The lowest BCUT2D eigenvalue weighted by Gasteiger charge is -2.32. The van der Waals surface area contributed by atoms with Crippen molar-refractivity contribution < 1.29 is 13.2 Å². The highest BCUT2D eigenvalue weighted by Gasteiger charge is 2.34. The Bertz CT molecular complexity index is 470. The van der Waals surface area contributed by atoms with Crippen molar-refractivity contribution in [3.05, 3.63) is 16.1 Å². The van der Waals surface area contributed by atoms with E-state index in [9.17, 15) is 13.2 Å². The quantitative estimate of drug-likeness (QED) is 0.917. The number of nitrogens with one attached hydrogen (secondary N) is 1. The predicted molar refractivity (Wildman–Crippen MR) is 75.2 cm³/mol. The third-order valence-corrected chi connectivity index (χ3v) is 5.13. The number of piperazine rings is 1. The molecule has 1 atom stereocenters. The van der Waals surface area contributed by atoms with Gasteiger partial charge in [0.05, 0.1) is 12.7 Å². The number of thiazole rings is 1. The number of hydrogen-bond donors (Lipinski definition) is 1. The van der Waals surface area contributed by atoms with E-state index in [-0.39, 0.29) is 0 Å². The van der Waals surface area contributed by atoms with Crippen LogP contribution in [0.15, 0.2) is 6.20 Å². The summed E-state index contributed by atoms with van der Waals surface area (Å²) in [7, 11) is 0. The molecule has 8 heteroatoms. The first kappa shape index (κ1) is 15.2. The zero-order valence-electron chi connectivity index (χ0n) is 11.7. The third-order valence-electron chi connectivity index (χ3n) is 4.11. The van der Waals surface area contributed by atoms with Crippen LogP contribution in [0.4, 0.5) is 13.2 Å². The minimum absolute atomic E-state index is 0.531. The lowest BCUT2D eigenvalue weighted by Crippen LogP contribution is -2.49. The molecule has 2 aliphatic rings. The lowest BCUT2D eigenvalue weighted by atomic mass is 10.2. The minimum Gasteiger partial charge on any atom is -0.314 e. The van der Waals surface area contributed by atoms with Gasteiger partial charge in [0.15, 0.2) is 0 Å². The average Bonchev–Trinajstić information content (AvgIpc) is 3.09. The molecular weight excluding hydrogens is 301 g/mol. The average molecular weight is 320 g/mol. The number of alkyl halides is 3. The smallest absolute Gasteiger partial charge is 0.314 e. The topological polar surface area (TPSA) is 31.4 Å². The molecule has 21 heavy (non-hydrogen) atoms. The summed E-state index contributed by atoms with van der Waals surface area (Å²) in [6.07, 6.45) is -2.23. The number of nitrogens with zero attached hydrogens (tertiary/aromatic N) is 3. The summed E-state index contributed by atoms with van der Waals surface area (Å²) in [5, 5.41) is 3.89. The Balaban J connectivity index is 1.53. The number of likely N-dealkylation sites (tertiary alicyclic amines) is 1. The molecule has 3 heterocycles. The fourth-order valence-corrected chi connectivity index (χ4v) is 3.83. The van der Waals surface area contributed by atoms with Crippen molar-refractivity contribution in [3.8, 4) is 0 Å². The highest BCUT2D eigenvalue weighted by atomic mass is 32.1. The van der Waals surface area contributed by atoms with Crippen LogP contribution in [0.2, 0.25) is 0 Å². The van der Waals surface area contributed by atoms with E-state index in [0.717, 1.165) is 63.2 Å². The zero-order valence-corrected chi connectivity index (χ0v) is 12.5. The third kappa shape index (κ3) is 3.74. The van der Waals surface area contributed by atoms with E-state index < -0.39 is 11.1 Å². The Hall–Kier alpha value is -0.700. The molecule has 1 aromatic heterocycles. The maximum atomic E-state index is 12.6.